The summed E-state index contributed by atoms with van der Waals surface area (Å²) in [5.74, 6) is -2.75. The van der Waals surface area contributed by atoms with Crippen molar-refractivity contribution in [2.75, 3.05) is 12.4 Å². The first-order valence-corrected chi connectivity index (χ1v) is 9.97. The fourth-order valence-corrected chi connectivity index (χ4v) is 3.21. The number of methoxy groups -OCH3 is 1. The summed E-state index contributed by atoms with van der Waals surface area (Å²) in [7, 11) is 1.18. The molecule has 0 saturated carbocycles. The number of carbonyl (C=O) groups is 3. The topological polar surface area (TPSA) is 125 Å². The number of anilines is 1. The molecule has 32 heavy (non-hydrogen) atoms. The molecule has 8 nitrogen and oxygen atoms in total. The SMILES string of the molecule is COC(=O)[C@H](Cc1ccccc1)NC(=O)[C@H](O)[C@@H](O)C(=O)Nc1ccc2ccccc2c1. The number of ether oxygens (including phenoxy) is 1. The number of nitrogens with one attached hydrogen (secondary N) is 2. The summed E-state index contributed by atoms with van der Waals surface area (Å²) in [5.41, 5.74) is 1.16. The maximum Gasteiger partial charge on any atom is 0.328 e. The van der Waals surface area contributed by atoms with Gasteiger partial charge in [-0.05, 0) is 28.5 Å². The van der Waals surface area contributed by atoms with E-state index in [4.69, 9.17) is 4.74 Å². The molecule has 0 saturated heterocycles. The molecule has 0 aliphatic rings. The van der Waals surface area contributed by atoms with E-state index in [0.717, 1.165) is 16.3 Å². The van der Waals surface area contributed by atoms with Gasteiger partial charge in [-0.15, -0.1) is 0 Å². The van der Waals surface area contributed by atoms with Crippen LogP contribution in [0.3, 0.4) is 0 Å². The number of hydrogen-bond acceptors (Lipinski definition) is 6. The average molecular weight is 436 g/mol. The Morgan fingerprint density at radius 3 is 2.16 bits per heavy atom. The summed E-state index contributed by atoms with van der Waals surface area (Å²) in [4.78, 5) is 36.9. The van der Waals surface area contributed by atoms with E-state index < -0.39 is 36.0 Å². The van der Waals surface area contributed by atoms with Gasteiger partial charge >= 0.3 is 5.97 Å². The molecule has 166 valence electrons. The molecule has 0 aromatic heterocycles. The van der Waals surface area contributed by atoms with Crippen LogP contribution in [0.1, 0.15) is 5.56 Å². The second kappa shape index (κ2) is 10.5. The maximum atomic E-state index is 12.4. The van der Waals surface area contributed by atoms with E-state index >= 15 is 0 Å². The van der Waals surface area contributed by atoms with Crippen LogP contribution in [-0.2, 0) is 25.5 Å². The number of aliphatic hydroxyl groups is 2. The van der Waals surface area contributed by atoms with Crippen LogP contribution in [0, 0.1) is 0 Å². The summed E-state index contributed by atoms with van der Waals surface area (Å²) < 4.78 is 4.71. The van der Waals surface area contributed by atoms with Crippen LogP contribution < -0.4 is 10.6 Å². The van der Waals surface area contributed by atoms with Gasteiger partial charge in [-0.1, -0.05) is 60.7 Å². The van der Waals surface area contributed by atoms with Crippen LogP contribution >= 0.6 is 0 Å². The van der Waals surface area contributed by atoms with Gasteiger partial charge in [0.25, 0.3) is 11.8 Å². The van der Waals surface area contributed by atoms with Gasteiger partial charge in [0.1, 0.15) is 6.04 Å². The second-order valence-electron chi connectivity index (χ2n) is 7.21. The molecule has 3 rings (SSSR count). The summed E-state index contributed by atoms with van der Waals surface area (Å²) in [5, 5.41) is 27.0. The van der Waals surface area contributed by atoms with Crippen LogP contribution in [0.5, 0.6) is 0 Å². The lowest BCUT2D eigenvalue weighted by Crippen LogP contribution is -2.52. The Bertz CT molecular complexity index is 1100. The average Bonchev–Trinajstić information content (AvgIpc) is 2.82. The largest absolute Gasteiger partial charge is 0.467 e. The molecule has 0 aliphatic heterocycles. The van der Waals surface area contributed by atoms with E-state index in [1.807, 2.05) is 30.3 Å². The number of rotatable bonds is 8. The highest BCUT2D eigenvalue weighted by molar-refractivity contribution is 6.00. The fraction of sp³-hybridized carbons (Fsp3) is 0.208. The predicted molar refractivity (Wildman–Crippen MR) is 119 cm³/mol. The van der Waals surface area contributed by atoms with Gasteiger partial charge in [0.15, 0.2) is 12.2 Å². The molecule has 3 aromatic carbocycles. The van der Waals surface area contributed by atoms with Crippen LogP contribution in [-0.4, -0.2) is 53.4 Å². The first-order chi connectivity index (χ1) is 15.4. The van der Waals surface area contributed by atoms with E-state index in [9.17, 15) is 24.6 Å². The van der Waals surface area contributed by atoms with Crippen LogP contribution in [0.2, 0.25) is 0 Å². The summed E-state index contributed by atoms with van der Waals surface area (Å²) >= 11 is 0. The highest BCUT2D eigenvalue weighted by Gasteiger charge is 2.33. The number of carbonyl (C=O) groups excluding carboxylic acids is 3. The van der Waals surface area contributed by atoms with Gasteiger partial charge in [0.2, 0.25) is 0 Å². The zero-order valence-corrected chi connectivity index (χ0v) is 17.4. The molecular formula is C24H24N2O6. The second-order valence-corrected chi connectivity index (χ2v) is 7.21. The number of esters is 1. The number of hydrogen-bond donors (Lipinski definition) is 4. The standard InChI is InChI=1S/C24H24N2O6/c1-32-24(31)19(13-15-7-3-2-4-8-15)26-23(30)21(28)20(27)22(29)25-18-12-11-16-9-5-6-10-17(16)14-18/h2-12,14,19-21,27-28H,13H2,1H3,(H,25,29)(H,26,30)/t19-,20+,21+/m0/s1. The molecule has 0 unspecified atom stereocenters. The van der Waals surface area contributed by atoms with Crippen LogP contribution in [0.25, 0.3) is 10.8 Å². The van der Waals surface area contributed by atoms with Crippen molar-refractivity contribution in [3.05, 3.63) is 78.4 Å². The molecule has 0 aliphatic carbocycles. The number of benzene rings is 3. The lowest BCUT2D eigenvalue weighted by molar-refractivity contribution is -0.149. The monoisotopic (exact) mass is 436 g/mol. The molecule has 8 heteroatoms. The van der Waals surface area contributed by atoms with E-state index in [1.54, 1.807) is 42.5 Å². The molecule has 2 amide bonds. The molecule has 0 fully saturated rings. The third-order valence-corrected chi connectivity index (χ3v) is 4.94. The minimum Gasteiger partial charge on any atom is -0.467 e. The van der Waals surface area contributed by atoms with Crippen molar-refractivity contribution in [3.63, 3.8) is 0 Å². The summed E-state index contributed by atoms with van der Waals surface area (Å²) in [6.07, 6.45) is -4.01. The molecule has 4 N–H and O–H groups in total. The lowest BCUT2D eigenvalue weighted by Gasteiger charge is -2.21. The highest BCUT2D eigenvalue weighted by atomic mass is 16.5. The first kappa shape index (κ1) is 22.9. The Labute approximate surface area is 184 Å². The number of amides is 2. The zero-order valence-electron chi connectivity index (χ0n) is 17.4. The van der Waals surface area contributed by atoms with Gasteiger partial charge in [-0.2, -0.15) is 0 Å². The van der Waals surface area contributed by atoms with E-state index in [-0.39, 0.29) is 6.42 Å². The molecule has 0 heterocycles. The fourth-order valence-electron chi connectivity index (χ4n) is 3.21. The lowest BCUT2D eigenvalue weighted by atomic mass is 10.0. The minimum absolute atomic E-state index is 0.116. The Balaban J connectivity index is 1.64. The Morgan fingerprint density at radius 2 is 1.47 bits per heavy atom. The molecule has 0 bridgehead atoms. The van der Waals surface area contributed by atoms with Crippen LogP contribution in [0.15, 0.2) is 72.8 Å². The third-order valence-electron chi connectivity index (χ3n) is 4.94. The summed E-state index contributed by atoms with van der Waals surface area (Å²) in [6.45, 7) is 0. The van der Waals surface area contributed by atoms with Crippen molar-refractivity contribution in [2.24, 2.45) is 0 Å². The van der Waals surface area contributed by atoms with Gasteiger partial charge in [-0.25, -0.2) is 4.79 Å². The zero-order chi connectivity index (χ0) is 23.1. The van der Waals surface area contributed by atoms with Crippen molar-refractivity contribution < 1.29 is 29.3 Å². The Morgan fingerprint density at radius 1 is 0.844 bits per heavy atom. The van der Waals surface area contributed by atoms with E-state index in [2.05, 4.69) is 10.6 Å². The summed E-state index contributed by atoms with van der Waals surface area (Å²) in [6, 6.07) is 20.5. The van der Waals surface area contributed by atoms with Gasteiger partial charge < -0.3 is 25.6 Å². The van der Waals surface area contributed by atoms with Crippen molar-refractivity contribution in [3.8, 4) is 0 Å². The van der Waals surface area contributed by atoms with Crippen molar-refractivity contribution in [2.45, 2.75) is 24.7 Å². The van der Waals surface area contributed by atoms with Crippen molar-refractivity contribution >= 4 is 34.2 Å². The normalized spacial score (nSPS) is 13.6. The molecule has 3 aromatic rings. The smallest absolute Gasteiger partial charge is 0.328 e. The molecule has 0 radical (unpaired) electrons. The maximum absolute atomic E-state index is 12.4. The quantitative estimate of drug-likeness (QED) is 0.396. The van der Waals surface area contributed by atoms with Gasteiger partial charge in [0, 0.05) is 12.1 Å². The van der Waals surface area contributed by atoms with E-state index in [1.165, 1.54) is 7.11 Å². The number of aliphatic hydroxyl groups excluding tert-OH is 2. The first-order valence-electron chi connectivity index (χ1n) is 9.97. The van der Waals surface area contributed by atoms with Gasteiger partial charge in [0.05, 0.1) is 7.11 Å². The molecular weight excluding hydrogens is 412 g/mol. The van der Waals surface area contributed by atoms with Crippen LogP contribution in [0.4, 0.5) is 5.69 Å². The third kappa shape index (κ3) is 5.69. The number of fused-ring (bicyclic) bond motifs is 1. The van der Waals surface area contributed by atoms with Gasteiger partial charge in [-0.3, -0.25) is 9.59 Å². The Hall–Kier alpha value is -3.75. The predicted octanol–water partition coefficient (Wildman–Crippen LogP) is 1.40. The minimum atomic E-state index is -2.08. The van der Waals surface area contributed by atoms with Crippen molar-refractivity contribution in [1.29, 1.82) is 0 Å². The van der Waals surface area contributed by atoms with Crippen molar-refractivity contribution in [1.82, 2.24) is 5.32 Å². The molecule has 3 atom stereocenters. The van der Waals surface area contributed by atoms with E-state index in [0.29, 0.717) is 5.69 Å². The molecule has 0 spiro atoms. The Kier molecular flexibility index (Phi) is 7.54. The highest BCUT2D eigenvalue weighted by Crippen LogP contribution is 2.19.